The predicted molar refractivity (Wildman–Crippen MR) is 79.4 cm³/mol. The van der Waals surface area contributed by atoms with Crippen molar-refractivity contribution in [1.82, 2.24) is 10.2 Å². The molecule has 0 aliphatic carbocycles. The van der Waals surface area contributed by atoms with Crippen molar-refractivity contribution in [2.75, 3.05) is 41.0 Å². The molecule has 2 amide bonds. The van der Waals surface area contributed by atoms with Crippen molar-refractivity contribution in [1.29, 1.82) is 0 Å². The summed E-state index contributed by atoms with van der Waals surface area (Å²) in [5.74, 6) is 1.85. The molecule has 0 saturated carbocycles. The van der Waals surface area contributed by atoms with Gasteiger partial charge >= 0.3 is 6.03 Å². The summed E-state index contributed by atoms with van der Waals surface area (Å²) < 4.78 is 16.0. The van der Waals surface area contributed by atoms with Gasteiger partial charge in [0.15, 0.2) is 11.5 Å². The maximum Gasteiger partial charge on any atom is 0.317 e. The van der Waals surface area contributed by atoms with Crippen LogP contribution in [-0.4, -0.2) is 51.9 Å². The van der Waals surface area contributed by atoms with Crippen LogP contribution in [0, 0.1) is 0 Å². The molecule has 1 aliphatic heterocycles. The molecule has 1 N–H and O–H groups in total. The topological polar surface area (TPSA) is 60.0 Å². The van der Waals surface area contributed by atoms with E-state index in [9.17, 15) is 4.79 Å². The van der Waals surface area contributed by atoms with Crippen molar-refractivity contribution in [3.05, 3.63) is 17.7 Å². The highest BCUT2D eigenvalue weighted by Gasteiger charge is 2.20. The van der Waals surface area contributed by atoms with Gasteiger partial charge in [0.05, 0.1) is 21.3 Å². The van der Waals surface area contributed by atoms with Gasteiger partial charge in [-0.15, -0.1) is 0 Å². The number of carbonyl (C=O) groups is 1. The smallest absolute Gasteiger partial charge is 0.317 e. The minimum Gasteiger partial charge on any atom is -0.493 e. The Balaban J connectivity index is 2.00. The minimum absolute atomic E-state index is 0.000642. The van der Waals surface area contributed by atoms with Gasteiger partial charge in [0.25, 0.3) is 0 Å². The number of amides is 2. The summed E-state index contributed by atoms with van der Waals surface area (Å²) in [6.45, 7) is 2.26. The van der Waals surface area contributed by atoms with Crippen LogP contribution < -0.4 is 19.5 Å². The largest absolute Gasteiger partial charge is 0.493 e. The first-order valence-corrected chi connectivity index (χ1v) is 7.02. The van der Waals surface area contributed by atoms with Gasteiger partial charge in [0.1, 0.15) is 0 Å². The van der Waals surface area contributed by atoms with Gasteiger partial charge in [-0.05, 0) is 18.9 Å². The molecule has 1 saturated heterocycles. The van der Waals surface area contributed by atoms with E-state index in [1.807, 2.05) is 12.1 Å². The Morgan fingerprint density at radius 3 is 2.38 bits per heavy atom. The number of likely N-dealkylation sites (tertiary alicyclic amines) is 1. The highest BCUT2D eigenvalue weighted by molar-refractivity contribution is 5.74. The highest BCUT2D eigenvalue weighted by atomic mass is 16.5. The van der Waals surface area contributed by atoms with Crippen LogP contribution in [-0.2, 0) is 6.42 Å². The minimum atomic E-state index is 0.000642. The van der Waals surface area contributed by atoms with E-state index in [1.54, 1.807) is 26.2 Å². The zero-order valence-electron chi connectivity index (χ0n) is 12.8. The molecule has 116 valence electrons. The number of carbonyl (C=O) groups excluding carboxylic acids is 1. The van der Waals surface area contributed by atoms with Crippen molar-refractivity contribution < 1.29 is 19.0 Å². The van der Waals surface area contributed by atoms with E-state index in [0.717, 1.165) is 25.1 Å². The molecule has 1 aliphatic rings. The highest BCUT2D eigenvalue weighted by Crippen LogP contribution is 2.39. The third-order valence-corrected chi connectivity index (χ3v) is 3.60. The molecule has 0 bridgehead atoms. The molecule has 1 aromatic carbocycles. The van der Waals surface area contributed by atoms with Crippen molar-refractivity contribution in [3.63, 3.8) is 0 Å². The van der Waals surface area contributed by atoms with Crippen molar-refractivity contribution >= 4 is 6.03 Å². The molecule has 1 fully saturated rings. The fourth-order valence-electron chi connectivity index (χ4n) is 2.30. The number of urea groups is 1. The summed E-state index contributed by atoms with van der Waals surface area (Å²) in [6.07, 6.45) is 1.76. The van der Waals surface area contributed by atoms with Gasteiger partial charge in [-0.1, -0.05) is 6.07 Å². The number of nitrogens with zero attached hydrogens (tertiary/aromatic N) is 1. The molecule has 21 heavy (non-hydrogen) atoms. The van der Waals surface area contributed by atoms with Gasteiger partial charge in [-0.3, -0.25) is 0 Å². The number of methoxy groups -OCH3 is 3. The molecule has 0 radical (unpaired) electrons. The first-order chi connectivity index (χ1) is 10.2. The SMILES string of the molecule is COc1ccc(CCNC(=O)N2CCC2)c(OC)c1OC. The van der Waals surface area contributed by atoms with Crippen LogP contribution in [0.5, 0.6) is 17.2 Å². The number of ether oxygens (including phenoxy) is 3. The first kappa shape index (κ1) is 15.3. The Morgan fingerprint density at radius 1 is 1.14 bits per heavy atom. The molecular weight excluding hydrogens is 272 g/mol. The third-order valence-electron chi connectivity index (χ3n) is 3.60. The van der Waals surface area contributed by atoms with E-state index in [4.69, 9.17) is 14.2 Å². The summed E-state index contributed by atoms with van der Waals surface area (Å²) in [5, 5.41) is 2.91. The van der Waals surface area contributed by atoms with Crippen LogP contribution in [0.4, 0.5) is 4.79 Å². The van der Waals surface area contributed by atoms with E-state index < -0.39 is 0 Å². The lowest BCUT2D eigenvalue weighted by molar-refractivity contribution is 0.168. The predicted octanol–water partition coefficient (Wildman–Crippen LogP) is 1.67. The van der Waals surface area contributed by atoms with Crippen LogP contribution in [0.3, 0.4) is 0 Å². The maximum atomic E-state index is 11.7. The van der Waals surface area contributed by atoms with E-state index in [0.29, 0.717) is 30.2 Å². The first-order valence-electron chi connectivity index (χ1n) is 7.02. The zero-order valence-corrected chi connectivity index (χ0v) is 12.8. The van der Waals surface area contributed by atoms with Gasteiger partial charge in [0, 0.05) is 25.2 Å². The van der Waals surface area contributed by atoms with E-state index in [2.05, 4.69) is 5.32 Å². The molecular formula is C15H22N2O4. The van der Waals surface area contributed by atoms with Gasteiger partial charge < -0.3 is 24.4 Å². The number of hydrogen-bond donors (Lipinski definition) is 1. The number of benzene rings is 1. The van der Waals surface area contributed by atoms with E-state index in [-0.39, 0.29) is 6.03 Å². The van der Waals surface area contributed by atoms with Crippen LogP contribution >= 0.6 is 0 Å². The van der Waals surface area contributed by atoms with Crippen molar-refractivity contribution in [2.45, 2.75) is 12.8 Å². The second-order valence-electron chi connectivity index (χ2n) is 4.82. The monoisotopic (exact) mass is 294 g/mol. The summed E-state index contributed by atoms with van der Waals surface area (Å²) in [7, 11) is 4.76. The van der Waals surface area contributed by atoms with Crippen LogP contribution in [0.25, 0.3) is 0 Å². The van der Waals surface area contributed by atoms with Gasteiger partial charge in [-0.2, -0.15) is 0 Å². The Kier molecular flexibility index (Phi) is 5.14. The lowest BCUT2D eigenvalue weighted by Gasteiger charge is -2.30. The molecule has 6 heteroatoms. The fourth-order valence-corrected chi connectivity index (χ4v) is 2.30. The molecule has 1 aromatic rings. The van der Waals surface area contributed by atoms with E-state index >= 15 is 0 Å². The number of rotatable bonds is 6. The standard InChI is InChI=1S/C15H22N2O4/c1-19-12-6-5-11(13(20-2)14(12)21-3)7-8-16-15(18)17-9-4-10-17/h5-6H,4,7-10H2,1-3H3,(H,16,18). The average molecular weight is 294 g/mol. The van der Waals surface area contributed by atoms with Crippen LogP contribution in [0.15, 0.2) is 12.1 Å². The molecule has 2 rings (SSSR count). The van der Waals surface area contributed by atoms with Gasteiger partial charge in [0.2, 0.25) is 5.75 Å². The van der Waals surface area contributed by atoms with Crippen molar-refractivity contribution in [2.24, 2.45) is 0 Å². The fraction of sp³-hybridized carbons (Fsp3) is 0.533. The third kappa shape index (κ3) is 3.32. The van der Waals surface area contributed by atoms with E-state index in [1.165, 1.54) is 0 Å². The van der Waals surface area contributed by atoms with Crippen LogP contribution in [0.2, 0.25) is 0 Å². The number of nitrogens with one attached hydrogen (secondary N) is 1. The normalized spacial score (nSPS) is 13.4. The van der Waals surface area contributed by atoms with Crippen molar-refractivity contribution in [3.8, 4) is 17.2 Å². The average Bonchev–Trinajstić information content (AvgIpc) is 2.44. The lowest BCUT2D eigenvalue weighted by atomic mass is 10.1. The molecule has 0 atom stereocenters. The Bertz CT molecular complexity index is 501. The molecule has 0 spiro atoms. The Morgan fingerprint density at radius 2 is 1.86 bits per heavy atom. The Labute approximate surface area is 125 Å². The summed E-state index contributed by atoms with van der Waals surface area (Å²) in [5.41, 5.74) is 0.971. The summed E-state index contributed by atoms with van der Waals surface area (Å²) in [4.78, 5) is 13.5. The number of hydrogen-bond acceptors (Lipinski definition) is 4. The molecule has 1 heterocycles. The Hall–Kier alpha value is -2.11. The van der Waals surface area contributed by atoms with Gasteiger partial charge in [-0.25, -0.2) is 4.79 Å². The van der Waals surface area contributed by atoms with Crippen LogP contribution in [0.1, 0.15) is 12.0 Å². The maximum absolute atomic E-state index is 11.7. The molecule has 0 aromatic heterocycles. The quantitative estimate of drug-likeness (QED) is 0.867. The summed E-state index contributed by atoms with van der Waals surface area (Å²) >= 11 is 0. The zero-order chi connectivity index (χ0) is 15.2. The second-order valence-corrected chi connectivity index (χ2v) is 4.82. The summed E-state index contributed by atoms with van der Waals surface area (Å²) in [6, 6.07) is 3.77. The lowest BCUT2D eigenvalue weighted by Crippen LogP contribution is -2.48. The molecule has 0 unspecified atom stereocenters. The molecule has 6 nitrogen and oxygen atoms in total. The second kappa shape index (κ2) is 7.06.